The molecular formula is C27H25N3O4S. The molecule has 5 rings (SSSR count). The molecule has 178 valence electrons. The minimum absolute atomic E-state index is 0.107. The van der Waals surface area contributed by atoms with Crippen molar-refractivity contribution in [3.8, 4) is 11.5 Å². The van der Waals surface area contributed by atoms with Crippen LogP contribution in [0.1, 0.15) is 12.0 Å². The van der Waals surface area contributed by atoms with Crippen LogP contribution in [0.15, 0.2) is 66.7 Å². The monoisotopic (exact) mass is 487 g/mol. The molecule has 2 heterocycles. The number of carbonyl (C=O) groups is 2. The second-order valence-corrected chi connectivity index (χ2v) is 9.38. The summed E-state index contributed by atoms with van der Waals surface area (Å²) in [6.45, 7) is 2.25. The smallest absolute Gasteiger partial charge is 0.238 e. The Bertz CT molecular complexity index is 1380. The molecule has 0 saturated carbocycles. The number of nitrogens with zero attached hydrogens (tertiary/aromatic N) is 3. The average molecular weight is 488 g/mol. The van der Waals surface area contributed by atoms with E-state index in [2.05, 4.69) is 0 Å². The molecule has 0 radical (unpaired) electrons. The predicted octanol–water partition coefficient (Wildman–Crippen LogP) is 5.34. The third kappa shape index (κ3) is 4.21. The van der Waals surface area contributed by atoms with E-state index < -0.39 is 5.92 Å². The number of methoxy groups -OCH3 is 2. The van der Waals surface area contributed by atoms with E-state index in [9.17, 15) is 9.59 Å². The summed E-state index contributed by atoms with van der Waals surface area (Å²) in [7, 11) is 3.12. The summed E-state index contributed by atoms with van der Waals surface area (Å²) >= 11 is 1.47. The standard InChI is InChI=1S/C27H25N3O4S/c1-17-8-4-6-10-21(17)30(27-28-20-9-5-7-11-24(20)35-27)26(32)18-14-25(31)29(16-18)19-12-13-22(33-2)23(15-19)34-3/h4-13,15,18H,14,16H2,1-3H3. The van der Waals surface area contributed by atoms with Gasteiger partial charge in [-0.25, -0.2) is 4.98 Å². The van der Waals surface area contributed by atoms with Crippen molar-refractivity contribution in [2.45, 2.75) is 13.3 Å². The molecule has 0 spiro atoms. The maximum absolute atomic E-state index is 14.0. The zero-order valence-corrected chi connectivity index (χ0v) is 20.5. The van der Waals surface area contributed by atoms with Crippen LogP contribution < -0.4 is 19.3 Å². The van der Waals surface area contributed by atoms with Crippen molar-refractivity contribution in [3.63, 3.8) is 0 Å². The predicted molar refractivity (Wildman–Crippen MR) is 138 cm³/mol. The number of thiazole rings is 1. The molecular weight excluding hydrogens is 462 g/mol. The van der Waals surface area contributed by atoms with Crippen LogP contribution >= 0.6 is 11.3 Å². The molecule has 1 fully saturated rings. The average Bonchev–Trinajstić information content (AvgIpc) is 3.48. The van der Waals surface area contributed by atoms with E-state index in [4.69, 9.17) is 14.5 Å². The van der Waals surface area contributed by atoms with Gasteiger partial charge in [0.1, 0.15) is 0 Å². The van der Waals surface area contributed by atoms with Crippen LogP contribution in [-0.2, 0) is 9.59 Å². The molecule has 1 aliphatic rings. The van der Waals surface area contributed by atoms with Gasteiger partial charge in [-0.15, -0.1) is 0 Å². The summed E-state index contributed by atoms with van der Waals surface area (Å²) in [6, 6.07) is 20.9. The number of para-hydroxylation sites is 2. The Morgan fingerprint density at radius 1 is 1.03 bits per heavy atom. The number of anilines is 3. The van der Waals surface area contributed by atoms with Gasteiger partial charge in [0.25, 0.3) is 0 Å². The molecule has 35 heavy (non-hydrogen) atoms. The number of aromatic nitrogens is 1. The Kier molecular flexibility index (Phi) is 6.13. The number of benzene rings is 3. The van der Waals surface area contributed by atoms with Gasteiger partial charge in [0, 0.05) is 24.7 Å². The van der Waals surface area contributed by atoms with Crippen LogP contribution in [0.2, 0.25) is 0 Å². The van der Waals surface area contributed by atoms with E-state index in [1.54, 1.807) is 42.2 Å². The highest BCUT2D eigenvalue weighted by atomic mass is 32.1. The summed E-state index contributed by atoms with van der Waals surface area (Å²) in [5, 5.41) is 0.600. The van der Waals surface area contributed by atoms with Gasteiger partial charge in [-0.1, -0.05) is 41.7 Å². The molecule has 1 atom stereocenters. The first-order chi connectivity index (χ1) is 17.0. The molecule has 3 aromatic carbocycles. The number of rotatable bonds is 6. The Morgan fingerprint density at radius 3 is 2.51 bits per heavy atom. The summed E-state index contributed by atoms with van der Waals surface area (Å²) < 4.78 is 11.7. The zero-order chi connectivity index (χ0) is 24.5. The second-order valence-electron chi connectivity index (χ2n) is 8.37. The van der Waals surface area contributed by atoms with E-state index in [1.807, 2.05) is 55.5 Å². The molecule has 1 aromatic heterocycles. The quantitative estimate of drug-likeness (QED) is 0.367. The number of fused-ring (bicyclic) bond motifs is 1. The summed E-state index contributed by atoms with van der Waals surface area (Å²) in [5.74, 6) is 0.349. The fourth-order valence-corrected chi connectivity index (χ4v) is 5.37. The molecule has 1 aliphatic heterocycles. The third-order valence-electron chi connectivity index (χ3n) is 6.20. The Morgan fingerprint density at radius 2 is 1.77 bits per heavy atom. The van der Waals surface area contributed by atoms with Gasteiger partial charge in [-0.2, -0.15) is 0 Å². The van der Waals surface area contributed by atoms with Gasteiger partial charge in [0.05, 0.1) is 36.0 Å². The van der Waals surface area contributed by atoms with Crippen LogP contribution in [0.4, 0.5) is 16.5 Å². The lowest BCUT2D eigenvalue weighted by Crippen LogP contribution is -2.34. The van der Waals surface area contributed by atoms with Gasteiger partial charge in [0.2, 0.25) is 11.8 Å². The minimum Gasteiger partial charge on any atom is -0.493 e. The maximum Gasteiger partial charge on any atom is 0.238 e. The van der Waals surface area contributed by atoms with Crippen molar-refractivity contribution in [1.82, 2.24) is 4.98 Å². The number of ether oxygens (including phenoxy) is 2. The van der Waals surface area contributed by atoms with Crippen molar-refractivity contribution in [2.75, 3.05) is 30.6 Å². The van der Waals surface area contributed by atoms with E-state index in [0.29, 0.717) is 22.3 Å². The largest absolute Gasteiger partial charge is 0.493 e. The molecule has 7 nitrogen and oxygen atoms in total. The van der Waals surface area contributed by atoms with E-state index in [1.165, 1.54) is 11.3 Å². The number of carbonyl (C=O) groups excluding carboxylic acids is 2. The van der Waals surface area contributed by atoms with Crippen LogP contribution in [0.5, 0.6) is 11.5 Å². The van der Waals surface area contributed by atoms with Crippen molar-refractivity contribution in [3.05, 3.63) is 72.3 Å². The first kappa shape index (κ1) is 22.9. The highest BCUT2D eigenvalue weighted by molar-refractivity contribution is 7.22. The normalized spacial score (nSPS) is 15.5. The lowest BCUT2D eigenvalue weighted by molar-refractivity contribution is -0.123. The molecule has 0 bridgehead atoms. The highest BCUT2D eigenvalue weighted by Crippen LogP contribution is 2.39. The van der Waals surface area contributed by atoms with Gasteiger partial charge in [0.15, 0.2) is 16.6 Å². The van der Waals surface area contributed by atoms with Crippen molar-refractivity contribution in [2.24, 2.45) is 5.92 Å². The molecule has 4 aromatic rings. The zero-order valence-electron chi connectivity index (χ0n) is 19.7. The van der Waals surface area contributed by atoms with E-state index >= 15 is 0 Å². The SMILES string of the molecule is COc1ccc(N2CC(C(=O)N(c3nc4ccccc4s3)c3ccccc3C)CC2=O)cc1OC. The lowest BCUT2D eigenvalue weighted by atomic mass is 10.1. The molecule has 1 saturated heterocycles. The molecule has 1 unspecified atom stereocenters. The lowest BCUT2D eigenvalue weighted by Gasteiger charge is -2.25. The van der Waals surface area contributed by atoms with Gasteiger partial charge < -0.3 is 14.4 Å². The first-order valence-electron chi connectivity index (χ1n) is 11.3. The topological polar surface area (TPSA) is 72.0 Å². The molecule has 0 aliphatic carbocycles. The summed E-state index contributed by atoms with van der Waals surface area (Å²) in [5.41, 5.74) is 3.24. The van der Waals surface area contributed by atoms with E-state index in [0.717, 1.165) is 21.5 Å². The minimum atomic E-state index is -0.512. The van der Waals surface area contributed by atoms with Gasteiger partial charge in [-0.05, 0) is 42.8 Å². The third-order valence-corrected chi connectivity index (χ3v) is 7.23. The molecule has 0 N–H and O–H groups in total. The Balaban J connectivity index is 1.49. The number of amides is 2. The fraction of sp³-hybridized carbons (Fsp3) is 0.222. The van der Waals surface area contributed by atoms with Gasteiger partial charge >= 0.3 is 0 Å². The maximum atomic E-state index is 14.0. The van der Waals surface area contributed by atoms with Crippen molar-refractivity contribution < 1.29 is 19.1 Å². The molecule has 8 heteroatoms. The Labute approximate surface area is 207 Å². The van der Waals surface area contributed by atoms with Crippen LogP contribution in [-0.4, -0.2) is 37.6 Å². The summed E-state index contributed by atoms with van der Waals surface area (Å²) in [4.78, 5) is 35.1. The second kappa shape index (κ2) is 9.38. The Hall–Kier alpha value is -3.91. The number of aryl methyl sites for hydroxylation is 1. The van der Waals surface area contributed by atoms with Crippen LogP contribution in [0.25, 0.3) is 10.2 Å². The van der Waals surface area contributed by atoms with E-state index in [-0.39, 0.29) is 24.8 Å². The molecule has 2 amide bonds. The van der Waals surface area contributed by atoms with Crippen LogP contribution in [0.3, 0.4) is 0 Å². The van der Waals surface area contributed by atoms with Gasteiger partial charge in [-0.3, -0.25) is 14.5 Å². The fourth-order valence-electron chi connectivity index (χ4n) is 4.38. The van der Waals surface area contributed by atoms with Crippen molar-refractivity contribution in [1.29, 1.82) is 0 Å². The first-order valence-corrected chi connectivity index (χ1v) is 12.1. The summed E-state index contributed by atoms with van der Waals surface area (Å²) in [6.07, 6.45) is 0.125. The number of hydrogen-bond acceptors (Lipinski definition) is 6. The number of hydrogen-bond donors (Lipinski definition) is 0. The van der Waals surface area contributed by atoms with Crippen molar-refractivity contribution >= 4 is 49.9 Å². The highest BCUT2D eigenvalue weighted by Gasteiger charge is 2.39. The van der Waals surface area contributed by atoms with Crippen LogP contribution in [0, 0.1) is 12.8 Å².